The van der Waals surface area contributed by atoms with Gasteiger partial charge in [0.25, 0.3) is 0 Å². The van der Waals surface area contributed by atoms with E-state index in [0.29, 0.717) is 12.0 Å². The van der Waals surface area contributed by atoms with Gasteiger partial charge < -0.3 is 11.1 Å². The highest BCUT2D eigenvalue weighted by molar-refractivity contribution is 5.32. The molecule has 0 amide bonds. The van der Waals surface area contributed by atoms with Crippen LogP contribution in [0.25, 0.3) is 0 Å². The van der Waals surface area contributed by atoms with Crippen molar-refractivity contribution in [2.24, 2.45) is 5.73 Å². The van der Waals surface area contributed by atoms with E-state index < -0.39 is 0 Å². The van der Waals surface area contributed by atoms with Gasteiger partial charge in [-0.3, -0.25) is 0 Å². The second kappa shape index (κ2) is 6.18. The van der Waals surface area contributed by atoms with Crippen LogP contribution in [0.1, 0.15) is 43.2 Å². The van der Waals surface area contributed by atoms with Crippen molar-refractivity contribution < 1.29 is 0 Å². The van der Waals surface area contributed by atoms with E-state index in [1.165, 1.54) is 19.3 Å². The Morgan fingerprint density at radius 1 is 1.41 bits per heavy atom. The van der Waals surface area contributed by atoms with E-state index in [4.69, 9.17) is 5.73 Å². The highest BCUT2D eigenvalue weighted by Gasteiger charge is 2.19. The van der Waals surface area contributed by atoms with Gasteiger partial charge in [0.05, 0.1) is 0 Å². The van der Waals surface area contributed by atoms with Gasteiger partial charge in [0.2, 0.25) is 0 Å². The van der Waals surface area contributed by atoms with Gasteiger partial charge in [-0.15, -0.1) is 0 Å². The molecule has 0 heterocycles. The predicted molar refractivity (Wildman–Crippen MR) is 73.3 cm³/mol. The van der Waals surface area contributed by atoms with Gasteiger partial charge in [0, 0.05) is 12.6 Å². The van der Waals surface area contributed by atoms with Gasteiger partial charge in [-0.05, 0) is 56.2 Å². The first-order valence-corrected chi connectivity index (χ1v) is 6.82. The molecule has 0 saturated heterocycles. The summed E-state index contributed by atoms with van der Waals surface area (Å²) < 4.78 is 0. The minimum absolute atomic E-state index is 0.536. The predicted octanol–water partition coefficient (Wildman–Crippen LogP) is 2.43. The maximum absolute atomic E-state index is 5.57. The molecule has 1 aromatic rings. The van der Waals surface area contributed by atoms with Crippen LogP contribution < -0.4 is 11.1 Å². The summed E-state index contributed by atoms with van der Waals surface area (Å²) in [5, 5.41) is 3.61. The number of aryl methyl sites for hydroxylation is 1. The summed E-state index contributed by atoms with van der Waals surface area (Å²) in [5.74, 6) is 0.695. The SMILES string of the molecule is CC(CCN)NCC1CCCc2ccccc21. The third-order valence-electron chi connectivity index (χ3n) is 3.81. The molecule has 2 rings (SSSR count). The molecule has 2 heteroatoms. The highest BCUT2D eigenvalue weighted by atomic mass is 14.9. The van der Waals surface area contributed by atoms with Crippen molar-refractivity contribution >= 4 is 0 Å². The highest BCUT2D eigenvalue weighted by Crippen LogP contribution is 2.30. The first-order valence-electron chi connectivity index (χ1n) is 6.82. The summed E-state index contributed by atoms with van der Waals surface area (Å²) in [4.78, 5) is 0. The van der Waals surface area contributed by atoms with Crippen LogP contribution in [0, 0.1) is 0 Å². The second-order valence-corrected chi connectivity index (χ2v) is 5.17. The Morgan fingerprint density at radius 3 is 3.06 bits per heavy atom. The average Bonchev–Trinajstić information content (AvgIpc) is 2.36. The number of benzene rings is 1. The molecule has 0 fully saturated rings. The molecule has 0 aliphatic heterocycles. The smallest absolute Gasteiger partial charge is 0.00509 e. The summed E-state index contributed by atoms with van der Waals surface area (Å²) in [6, 6.07) is 9.44. The molecule has 1 aliphatic carbocycles. The Bertz CT molecular complexity index is 349. The van der Waals surface area contributed by atoms with Crippen molar-refractivity contribution in [3.8, 4) is 0 Å². The van der Waals surface area contributed by atoms with Crippen LogP contribution >= 0.6 is 0 Å². The fourth-order valence-corrected chi connectivity index (χ4v) is 2.76. The first-order chi connectivity index (χ1) is 8.31. The molecule has 0 radical (unpaired) electrons. The Labute approximate surface area is 105 Å². The molecule has 2 atom stereocenters. The van der Waals surface area contributed by atoms with Crippen LogP contribution in [-0.2, 0) is 6.42 Å². The van der Waals surface area contributed by atoms with Gasteiger partial charge in [0.1, 0.15) is 0 Å². The summed E-state index contributed by atoms with van der Waals surface area (Å²) in [7, 11) is 0. The zero-order valence-electron chi connectivity index (χ0n) is 10.8. The van der Waals surface area contributed by atoms with Crippen LogP contribution in [0.5, 0.6) is 0 Å². The van der Waals surface area contributed by atoms with E-state index in [-0.39, 0.29) is 0 Å². The molecule has 17 heavy (non-hydrogen) atoms. The summed E-state index contributed by atoms with van der Waals surface area (Å²) in [6.07, 6.45) is 4.97. The monoisotopic (exact) mass is 232 g/mol. The van der Waals surface area contributed by atoms with Crippen LogP contribution in [0.15, 0.2) is 24.3 Å². The van der Waals surface area contributed by atoms with Crippen LogP contribution in [0.2, 0.25) is 0 Å². The van der Waals surface area contributed by atoms with Gasteiger partial charge >= 0.3 is 0 Å². The molecule has 0 saturated carbocycles. The van der Waals surface area contributed by atoms with Gasteiger partial charge in [-0.1, -0.05) is 24.3 Å². The van der Waals surface area contributed by atoms with Gasteiger partial charge in [-0.2, -0.15) is 0 Å². The molecule has 0 spiro atoms. The Kier molecular flexibility index (Phi) is 4.57. The molecule has 1 aliphatic rings. The molecule has 3 N–H and O–H groups in total. The number of hydrogen-bond donors (Lipinski definition) is 2. The van der Waals surface area contributed by atoms with E-state index in [1.807, 2.05) is 0 Å². The normalized spacial score (nSPS) is 20.9. The minimum atomic E-state index is 0.536. The van der Waals surface area contributed by atoms with E-state index in [0.717, 1.165) is 19.5 Å². The lowest BCUT2D eigenvalue weighted by Gasteiger charge is -2.27. The quantitative estimate of drug-likeness (QED) is 0.818. The third kappa shape index (κ3) is 3.30. The first kappa shape index (κ1) is 12.6. The van der Waals surface area contributed by atoms with E-state index in [1.54, 1.807) is 11.1 Å². The molecular weight excluding hydrogens is 208 g/mol. The maximum atomic E-state index is 5.57. The minimum Gasteiger partial charge on any atom is -0.330 e. The fraction of sp³-hybridized carbons (Fsp3) is 0.600. The molecule has 2 nitrogen and oxygen atoms in total. The van der Waals surface area contributed by atoms with Crippen molar-refractivity contribution in [2.45, 2.75) is 44.6 Å². The molecule has 0 aromatic heterocycles. The lowest BCUT2D eigenvalue weighted by molar-refractivity contribution is 0.453. The topological polar surface area (TPSA) is 38.0 Å². The van der Waals surface area contributed by atoms with Crippen molar-refractivity contribution in [1.82, 2.24) is 5.32 Å². The van der Waals surface area contributed by atoms with Crippen LogP contribution in [0.4, 0.5) is 0 Å². The number of fused-ring (bicyclic) bond motifs is 1. The van der Waals surface area contributed by atoms with E-state index in [9.17, 15) is 0 Å². The molecule has 94 valence electrons. The van der Waals surface area contributed by atoms with Gasteiger partial charge in [0.15, 0.2) is 0 Å². The summed E-state index contributed by atoms with van der Waals surface area (Å²) in [6.45, 7) is 4.09. The Morgan fingerprint density at radius 2 is 2.24 bits per heavy atom. The van der Waals surface area contributed by atoms with Crippen molar-refractivity contribution in [3.63, 3.8) is 0 Å². The molecular formula is C15H24N2. The Hall–Kier alpha value is -0.860. The third-order valence-corrected chi connectivity index (χ3v) is 3.81. The molecule has 2 unspecified atom stereocenters. The zero-order chi connectivity index (χ0) is 12.1. The lowest BCUT2D eigenvalue weighted by Crippen LogP contribution is -2.33. The van der Waals surface area contributed by atoms with Crippen molar-refractivity contribution in [2.75, 3.05) is 13.1 Å². The van der Waals surface area contributed by atoms with Gasteiger partial charge in [-0.25, -0.2) is 0 Å². The number of nitrogens with one attached hydrogen (secondary N) is 1. The number of nitrogens with two attached hydrogens (primary N) is 1. The fourth-order valence-electron chi connectivity index (χ4n) is 2.76. The number of hydrogen-bond acceptors (Lipinski definition) is 2. The molecule has 1 aromatic carbocycles. The summed E-state index contributed by atoms with van der Waals surface area (Å²) in [5.41, 5.74) is 8.69. The van der Waals surface area contributed by atoms with Crippen molar-refractivity contribution in [1.29, 1.82) is 0 Å². The lowest BCUT2D eigenvalue weighted by atomic mass is 9.83. The van der Waals surface area contributed by atoms with Crippen molar-refractivity contribution in [3.05, 3.63) is 35.4 Å². The van der Waals surface area contributed by atoms with E-state index in [2.05, 4.69) is 36.5 Å². The zero-order valence-corrected chi connectivity index (χ0v) is 10.8. The largest absolute Gasteiger partial charge is 0.330 e. The second-order valence-electron chi connectivity index (χ2n) is 5.17. The Balaban J connectivity index is 1.94. The molecule has 0 bridgehead atoms. The summed E-state index contributed by atoms with van der Waals surface area (Å²) >= 11 is 0. The van der Waals surface area contributed by atoms with E-state index >= 15 is 0 Å². The average molecular weight is 232 g/mol. The van der Waals surface area contributed by atoms with Crippen LogP contribution in [0.3, 0.4) is 0 Å². The number of rotatable bonds is 5. The standard InChI is InChI=1S/C15H24N2/c1-12(9-10-16)17-11-14-7-4-6-13-5-2-3-8-15(13)14/h2-3,5,8,12,14,17H,4,6-7,9-11,16H2,1H3. The van der Waals surface area contributed by atoms with Crippen LogP contribution in [-0.4, -0.2) is 19.1 Å². The maximum Gasteiger partial charge on any atom is 0.00509 e.